The summed E-state index contributed by atoms with van der Waals surface area (Å²) in [5, 5.41) is 0.661. The lowest BCUT2D eigenvalue weighted by Crippen LogP contribution is -2.41. The van der Waals surface area contributed by atoms with E-state index in [9.17, 15) is 4.79 Å². The van der Waals surface area contributed by atoms with E-state index < -0.39 is 0 Å². The third-order valence-electron chi connectivity index (χ3n) is 6.45. The molecule has 0 spiro atoms. The number of amides is 1. The lowest BCUT2D eigenvalue weighted by Gasteiger charge is -2.38. The lowest BCUT2D eigenvalue weighted by atomic mass is 9.86. The molecule has 0 fully saturated rings. The number of ether oxygens (including phenoxy) is 2. The molecular weight excluding hydrogens is 434 g/mol. The van der Waals surface area contributed by atoms with E-state index in [0.29, 0.717) is 22.9 Å². The maximum Gasteiger partial charge on any atom is 0.232 e. The number of aryl methyl sites for hydroxylation is 2. The Kier molecular flexibility index (Phi) is 6.66. The number of carbonyl (C=O) groups excluding carboxylic acids is 1. The van der Waals surface area contributed by atoms with Gasteiger partial charge in [0.25, 0.3) is 0 Å². The molecular formula is C28H30ClNO3. The third-order valence-corrected chi connectivity index (χ3v) is 6.70. The normalized spacial score (nSPS) is 16.4. The molecule has 3 aromatic rings. The summed E-state index contributed by atoms with van der Waals surface area (Å²) in [4.78, 5) is 15.4. The van der Waals surface area contributed by atoms with Crippen molar-refractivity contribution < 1.29 is 14.3 Å². The number of fused-ring (bicyclic) bond motifs is 1. The molecule has 0 saturated carbocycles. The number of nitrogens with zero attached hydrogens (tertiary/aromatic N) is 1. The zero-order valence-corrected chi connectivity index (χ0v) is 20.6. The number of methoxy groups -OCH3 is 1. The first-order chi connectivity index (χ1) is 15.8. The molecule has 0 radical (unpaired) electrons. The van der Waals surface area contributed by atoms with E-state index in [1.54, 1.807) is 7.11 Å². The molecule has 1 unspecified atom stereocenters. The molecule has 1 heterocycles. The number of anilines is 1. The SMILES string of the molecule is CC[C@@H](C)Oc1cc2c(cc1OC)CC(=O)N(c1ccc(C)c(C)c1)C2c1ccc(Cl)cc1. The van der Waals surface area contributed by atoms with Gasteiger partial charge in [-0.1, -0.05) is 36.7 Å². The Morgan fingerprint density at radius 3 is 2.39 bits per heavy atom. The smallest absolute Gasteiger partial charge is 0.232 e. The number of benzene rings is 3. The maximum absolute atomic E-state index is 13.5. The van der Waals surface area contributed by atoms with Crippen LogP contribution in [0.4, 0.5) is 5.69 Å². The van der Waals surface area contributed by atoms with E-state index in [1.807, 2.05) is 54.3 Å². The molecule has 1 aliphatic heterocycles. The summed E-state index contributed by atoms with van der Waals surface area (Å²) in [5.74, 6) is 1.39. The van der Waals surface area contributed by atoms with Crippen LogP contribution in [0.1, 0.15) is 54.1 Å². The van der Waals surface area contributed by atoms with Gasteiger partial charge < -0.3 is 14.4 Å². The Bertz CT molecular complexity index is 1170. The van der Waals surface area contributed by atoms with Crippen molar-refractivity contribution in [2.24, 2.45) is 0 Å². The molecule has 3 aromatic carbocycles. The molecule has 4 nitrogen and oxygen atoms in total. The molecule has 0 N–H and O–H groups in total. The Balaban J connectivity index is 1.92. The van der Waals surface area contributed by atoms with Gasteiger partial charge in [-0.3, -0.25) is 4.79 Å². The molecule has 5 heteroatoms. The number of carbonyl (C=O) groups is 1. The number of rotatable bonds is 6. The van der Waals surface area contributed by atoms with E-state index >= 15 is 0 Å². The maximum atomic E-state index is 13.5. The van der Waals surface area contributed by atoms with Gasteiger partial charge in [0.2, 0.25) is 5.91 Å². The fourth-order valence-corrected chi connectivity index (χ4v) is 4.38. The predicted molar refractivity (Wildman–Crippen MR) is 134 cm³/mol. The minimum atomic E-state index is -0.300. The summed E-state index contributed by atoms with van der Waals surface area (Å²) in [5.41, 5.74) is 6.21. The Morgan fingerprint density at radius 1 is 1.03 bits per heavy atom. The Morgan fingerprint density at radius 2 is 1.76 bits per heavy atom. The zero-order valence-electron chi connectivity index (χ0n) is 19.8. The fraction of sp³-hybridized carbons (Fsp3) is 0.321. The molecule has 0 bridgehead atoms. The van der Waals surface area contributed by atoms with Crippen LogP contribution in [-0.2, 0) is 11.2 Å². The van der Waals surface area contributed by atoms with Crippen LogP contribution in [0, 0.1) is 13.8 Å². The van der Waals surface area contributed by atoms with Crippen LogP contribution < -0.4 is 14.4 Å². The van der Waals surface area contributed by atoms with Crippen molar-refractivity contribution in [2.45, 2.75) is 52.7 Å². The van der Waals surface area contributed by atoms with Crippen LogP contribution in [0.25, 0.3) is 0 Å². The first-order valence-electron chi connectivity index (χ1n) is 11.3. The highest BCUT2D eigenvalue weighted by Crippen LogP contribution is 2.44. The van der Waals surface area contributed by atoms with Crippen molar-refractivity contribution in [3.8, 4) is 11.5 Å². The van der Waals surface area contributed by atoms with Crippen LogP contribution in [0.2, 0.25) is 5.02 Å². The van der Waals surface area contributed by atoms with Crippen molar-refractivity contribution in [3.05, 3.63) is 87.4 Å². The molecule has 1 amide bonds. The van der Waals surface area contributed by atoms with Crippen molar-refractivity contribution >= 4 is 23.2 Å². The van der Waals surface area contributed by atoms with Crippen LogP contribution >= 0.6 is 11.6 Å². The van der Waals surface area contributed by atoms with E-state index in [-0.39, 0.29) is 18.1 Å². The second-order valence-corrected chi connectivity index (χ2v) is 9.14. The Hall–Kier alpha value is -2.98. The van der Waals surface area contributed by atoms with E-state index in [1.165, 1.54) is 5.56 Å². The summed E-state index contributed by atoms with van der Waals surface area (Å²) in [6, 6.07) is 17.6. The molecule has 1 aliphatic rings. The van der Waals surface area contributed by atoms with Crippen LogP contribution in [-0.4, -0.2) is 19.1 Å². The summed E-state index contributed by atoms with van der Waals surface area (Å²) in [6.07, 6.45) is 1.23. The topological polar surface area (TPSA) is 38.8 Å². The van der Waals surface area contributed by atoms with Gasteiger partial charge in [-0.2, -0.15) is 0 Å². The third kappa shape index (κ3) is 4.58. The average Bonchev–Trinajstić information content (AvgIpc) is 2.80. The fourth-order valence-electron chi connectivity index (χ4n) is 4.25. The summed E-state index contributed by atoms with van der Waals surface area (Å²) in [7, 11) is 1.63. The van der Waals surface area contributed by atoms with Crippen molar-refractivity contribution in [3.63, 3.8) is 0 Å². The first-order valence-corrected chi connectivity index (χ1v) is 11.7. The number of hydrogen-bond acceptors (Lipinski definition) is 3. The highest BCUT2D eigenvalue weighted by molar-refractivity contribution is 6.30. The van der Waals surface area contributed by atoms with Crippen molar-refractivity contribution in [1.82, 2.24) is 0 Å². The lowest BCUT2D eigenvalue weighted by molar-refractivity contribution is -0.118. The van der Waals surface area contributed by atoms with E-state index in [2.05, 4.69) is 32.9 Å². The van der Waals surface area contributed by atoms with Gasteiger partial charge in [0, 0.05) is 10.7 Å². The van der Waals surface area contributed by atoms with Gasteiger partial charge in [0.1, 0.15) is 0 Å². The monoisotopic (exact) mass is 463 g/mol. The first kappa shape index (κ1) is 23.2. The highest BCUT2D eigenvalue weighted by atomic mass is 35.5. The van der Waals surface area contributed by atoms with Crippen LogP contribution in [0.15, 0.2) is 54.6 Å². The highest BCUT2D eigenvalue weighted by Gasteiger charge is 2.36. The van der Waals surface area contributed by atoms with Crippen molar-refractivity contribution in [2.75, 3.05) is 12.0 Å². The molecule has 33 heavy (non-hydrogen) atoms. The summed E-state index contributed by atoms with van der Waals surface area (Å²) < 4.78 is 11.8. The van der Waals surface area contributed by atoms with Gasteiger partial charge in [-0.25, -0.2) is 0 Å². The quantitative estimate of drug-likeness (QED) is 0.402. The largest absolute Gasteiger partial charge is 0.493 e. The van der Waals surface area contributed by atoms with Gasteiger partial charge in [-0.05, 0) is 91.4 Å². The molecule has 0 saturated heterocycles. The van der Waals surface area contributed by atoms with E-state index in [4.69, 9.17) is 21.1 Å². The Labute approximate surface area is 201 Å². The second-order valence-electron chi connectivity index (χ2n) is 8.70. The molecule has 4 rings (SSSR count). The summed E-state index contributed by atoms with van der Waals surface area (Å²) >= 11 is 6.19. The minimum absolute atomic E-state index is 0.0448. The van der Waals surface area contributed by atoms with E-state index in [0.717, 1.165) is 34.4 Å². The molecule has 172 valence electrons. The molecule has 0 aromatic heterocycles. The van der Waals surface area contributed by atoms with Gasteiger partial charge in [0.05, 0.1) is 25.7 Å². The average molecular weight is 464 g/mol. The zero-order chi connectivity index (χ0) is 23.7. The minimum Gasteiger partial charge on any atom is -0.493 e. The van der Waals surface area contributed by atoms with Crippen molar-refractivity contribution in [1.29, 1.82) is 0 Å². The molecule has 0 aliphatic carbocycles. The van der Waals surface area contributed by atoms with Crippen LogP contribution in [0.3, 0.4) is 0 Å². The van der Waals surface area contributed by atoms with Crippen LogP contribution in [0.5, 0.6) is 11.5 Å². The van der Waals surface area contributed by atoms with Gasteiger partial charge >= 0.3 is 0 Å². The number of hydrogen-bond donors (Lipinski definition) is 0. The second kappa shape index (κ2) is 9.48. The predicted octanol–water partition coefficient (Wildman–Crippen LogP) is 6.82. The molecule has 2 atom stereocenters. The van der Waals surface area contributed by atoms with Gasteiger partial charge in [-0.15, -0.1) is 0 Å². The number of halogens is 1. The standard InChI is InChI=1S/C28H30ClNO3/c1-6-19(4)33-26-16-24-21(14-25(26)32-5)15-27(31)30(23-12-7-17(2)18(3)13-23)28(24)20-8-10-22(29)11-9-20/h7-14,16,19,28H,6,15H2,1-5H3/t19-,28?/m1/s1. The summed E-state index contributed by atoms with van der Waals surface area (Å²) in [6.45, 7) is 8.28. The van der Waals surface area contributed by atoms with Gasteiger partial charge in [0.15, 0.2) is 11.5 Å².